The zero-order chi connectivity index (χ0) is 7.56. The average molecular weight is 171 g/mol. The molecule has 1 aromatic rings. The van der Waals surface area contributed by atoms with Crippen LogP contribution in [0.25, 0.3) is 0 Å². The van der Waals surface area contributed by atoms with Crippen LogP contribution >= 0.6 is 24.8 Å². The third kappa shape index (κ3) is 1.27. The number of carbonyl (C=O) groups is 1. The molecule has 0 amide bonds. The number of hydrogen-bond donors (Lipinski definition) is 2. The van der Waals surface area contributed by atoms with E-state index in [0.29, 0.717) is 21.4 Å². The number of pyridine rings is 1. The van der Waals surface area contributed by atoms with Crippen LogP contribution in [0.2, 0.25) is 0 Å². The Labute approximate surface area is 68.7 Å². The predicted octanol–water partition coefficient (Wildman–Crippen LogP) is 1.85. The van der Waals surface area contributed by atoms with Gasteiger partial charge >= 0.3 is 0 Å². The molecular weight excluding hydrogens is 166 g/mol. The standard InChI is InChI=1S/C6H5NOS2/c8-3-4-6(10)5(9)1-2-7-4/h1-3,10H,(H,7,9). The van der Waals surface area contributed by atoms with Crippen LogP contribution in [0.3, 0.4) is 0 Å². The highest BCUT2D eigenvalue weighted by Gasteiger charge is 1.95. The molecule has 0 aliphatic carbocycles. The van der Waals surface area contributed by atoms with Gasteiger partial charge in [-0.2, -0.15) is 0 Å². The molecule has 0 fully saturated rings. The van der Waals surface area contributed by atoms with Gasteiger partial charge in [-0.3, -0.25) is 4.79 Å². The Morgan fingerprint density at radius 3 is 2.90 bits per heavy atom. The summed E-state index contributed by atoms with van der Waals surface area (Å²) in [7, 11) is 0. The van der Waals surface area contributed by atoms with Gasteiger partial charge in [0.2, 0.25) is 0 Å². The molecule has 0 bridgehead atoms. The highest BCUT2D eigenvalue weighted by molar-refractivity contribution is 7.81. The summed E-state index contributed by atoms with van der Waals surface area (Å²) < 4.78 is 0.587. The van der Waals surface area contributed by atoms with Crippen LogP contribution in [0.5, 0.6) is 0 Å². The quantitative estimate of drug-likeness (QED) is 0.384. The fourth-order valence-corrected chi connectivity index (χ4v) is 0.947. The van der Waals surface area contributed by atoms with Gasteiger partial charge in [0.25, 0.3) is 0 Å². The molecule has 0 spiro atoms. The molecule has 0 aliphatic rings. The molecule has 0 unspecified atom stereocenters. The monoisotopic (exact) mass is 171 g/mol. The molecule has 0 aromatic carbocycles. The molecule has 0 saturated carbocycles. The van der Waals surface area contributed by atoms with E-state index in [1.165, 1.54) is 0 Å². The highest BCUT2D eigenvalue weighted by Crippen LogP contribution is 2.09. The summed E-state index contributed by atoms with van der Waals surface area (Å²) in [6.45, 7) is 0. The Morgan fingerprint density at radius 1 is 1.70 bits per heavy atom. The first-order valence-corrected chi connectivity index (χ1v) is 3.47. The molecule has 1 rings (SSSR count). The Balaban J connectivity index is 3.41. The molecule has 4 heteroatoms. The minimum atomic E-state index is 0.427. The summed E-state index contributed by atoms with van der Waals surface area (Å²) in [4.78, 5) is 13.5. The van der Waals surface area contributed by atoms with Crippen LogP contribution in [-0.2, 0) is 0 Å². The van der Waals surface area contributed by atoms with Crippen LogP contribution in [0.15, 0.2) is 17.2 Å². The largest absolute Gasteiger partial charge is 0.358 e. The van der Waals surface area contributed by atoms with Crippen molar-refractivity contribution in [3.05, 3.63) is 22.5 Å². The van der Waals surface area contributed by atoms with Crippen molar-refractivity contribution < 1.29 is 4.79 Å². The number of aromatic nitrogens is 1. The zero-order valence-electron chi connectivity index (χ0n) is 5.00. The number of rotatable bonds is 1. The Kier molecular flexibility index (Phi) is 2.24. The molecular formula is C6H5NOS2. The predicted molar refractivity (Wildman–Crippen MR) is 44.3 cm³/mol. The van der Waals surface area contributed by atoms with Crippen molar-refractivity contribution in [2.24, 2.45) is 0 Å². The van der Waals surface area contributed by atoms with Crippen LogP contribution < -0.4 is 0 Å². The van der Waals surface area contributed by atoms with Crippen molar-refractivity contribution in [1.82, 2.24) is 4.98 Å². The molecule has 10 heavy (non-hydrogen) atoms. The van der Waals surface area contributed by atoms with Crippen LogP contribution in [0, 0.1) is 4.51 Å². The van der Waals surface area contributed by atoms with E-state index in [2.05, 4.69) is 17.6 Å². The van der Waals surface area contributed by atoms with E-state index in [4.69, 9.17) is 12.2 Å². The second-order valence-corrected chi connectivity index (χ2v) is 2.61. The lowest BCUT2D eigenvalue weighted by Gasteiger charge is -1.94. The molecule has 0 radical (unpaired) electrons. The molecule has 52 valence electrons. The third-order valence-electron chi connectivity index (χ3n) is 1.08. The van der Waals surface area contributed by atoms with E-state index in [9.17, 15) is 4.79 Å². The van der Waals surface area contributed by atoms with Crippen molar-refractivity contribution in [2.45, 2.75) is 4.90 Å². The van der Waals surface area contributed by atoms with E-state index in [0.717, 1.165) is 0 Å². The number of aromatic amines is 1. The minimum absolute atomic E-state index is 0.427. The second kappa shape index (κ2) is 2.98. The maximum absolute atomic E-state index is 10.3. The normalized spacial score (nSPS) is 9.30. The van der Waals surface area contributed by atoms with Gasteiger partial charge in [-0.05, 0) is 6.07 Å². The summed E-state index contributed by atoms with van der Waals surface area (Å²) >= 11 is 8.88. The molecule has 1 N–H and O–H groups in total. The zero-order valence-corrected chi connectivity index (χ0v) is 6.71. The topological polar surface area (TPSA) is 32.9 Å². The first-order valence-electron chi connectivity index (χ1n) is 2.61. The van der Waals surface area contributed by atoms with Gasteiger partial charge in [-0.1, -0.05) is 12.2 Å². The maximum Gasteiger partial charge on any atom is 0.167 e. The van der Waals surface area contributed by atoms with E-state index in [1.54, 1.807) is 12.3 Å². The van der Waals surface area contributed by atoms with E-state index in [-0.39, 0.29) is 0 Å². The van der Waals surface area contributed by atoms with Crippen LogP contribution in [0.1, 0.15) is 10.5 Å². The SMILES string of the molecule is O=Cc1[nH]ccc(=S)c1S. The van der Waals surface area contributed by atoms with Gasteiger partial charge in [0, 0.05) is 11.1 Å². The number of hydrogen-bond acceptors (Lipinski definition) is 3. The smallest absolute Gasteiger partial charge is 0.167 e. The lowest BCUT2D eigenvalue weighted by atomic mass is 10.4. The molecule has 1 heterocycles. The van der Waals surface area contributed by atoms with Gasteiger partial charge in [0.1, 0.15) is 0 Å². The number of thiol groups is 1. The van der Waals surface area contributed by atoms with Crippen molar-refractivity contribution in [1.29, 1.82) is 0 Å². The van der Waals surface area contributed by atoms with Gasteiger partial charge in [-0.15, -0.1) is 12.6 Å². The van der Waals surface area contributed by atoms with Crippen LogP contribution in [0.4, 0.5) is 0 Å². The van der Waals surface area contributed by atoms with E-state index in [1.807, 2.05) is 0 Å². The Hall–Kier alpha value is -0.610. The number of carbonyl (C=O) groups excluding carboxylic acids is 1. The molecule has 1 aromatic heterocycles. The van der Waals surface area contributed by atoms with Crippen molar-refractivity contribution in [3.8, 4) is 0 Å². The van der Waals surface area contributed by atoms with Gasteiger partial charge in [0.05, 0.1) is 10.2 Å². The van der Waals surface area contributed by atoms with Gasteiger partial charge < -0.3 is 4.98 Å². The van der Waals surface area contributed by atoms with Crippen molar-refractivity contribution >= 4 is 31.1 Å². The number of nitrogens with one attached hydrogen (secondary N) is 1. The summed E-state index contributed by atoms with van der Waals surface area (Å²) in [5.74, 6) is 0. The Bertz CT molecular complexity index is 305. The van der Waals surface area contributed by atoms with Crippen molar-refractivity contribution in [3.63, 3.8) is 0 Å². The first kappa shape index (κ1) is 7.50. The molecule has 0 atom stereocenters. The molecule has 2 nitrogen and oxygen atoms in total. The number of aldehydes is 1. The van der Waals surface area contributed by atoms with Gasteiger partial charge in [0.15, 0.2) is 6.29 Å². The minimum Gasteiger partial charge on any atom is -0.358 e. The summed E-state index contributed by atoms with van der Waals surface area (Å²) in [5, 5.41) is 0. The number of H-pyrrole nitrogens is 1. The fourth-order valence-electron chi connectivity index (χ4n) is 0.577. The molecule has 0 saturated heterocycles. The first-order chi connectivity index (χ1) is 4.75. The fraction of sp³-hybridized carbons (Fsp3) is 0. The van der Waals surface area contributed by atoms with Gasteiger partial charge in [-0.25, -0.2) is 0 Å². The lowest BCUT2D eigenvalue weighted by Crippen LogP contribution is -1.87. The lowest BCUT2D eigenvalue weighted by molar-refractivity contribution is 0.111. The van der Waals surface area contributed by atoms with Crippen molar-refractivity contribution in [2.75, 3.05) is 0 Å². The van der Waals surface area contributed by atoms with Crippen LogP contribution in [-0.4, -0.2) is 11.3 Å². The van der Waals surface area contributed by atoms with E-state index >= 15 is 0 Å². The average Bonchev–Trinajstić information content (AvgIpc) is 1.95. The Morgan fingerprint density at radius 2 is 2.40 bits per heavy atom. The maximum atomic E-state index is 10.3. The summed E-state index contributed by atoms with van der Waals surface area (Å²) in [6.07, 6.45) is 2.31. The summed E-state index contributed by atoms with van der Waals surface area (Å²) in [5.41, 5.74) is 0.427. The third-order valence-corrected chi connectivity index (χ3v) is 2.05. The van der Waals surface area contributed by atoms with E-state index < -0.39 is 0 Å². The highest BCUT2D eigenvalue weighted by atomic mass is 32.1. The summed E-state index contributed by atoms with van der Waals surface area (Å²) in [6, 6.07) is 1.69. The second-order valence-electron chi connectivity index (χ2n) is 1.72. The molecule has 0 aliphatic heterocycles.